The molecule has 2 heterocycles. The van der Waals surface area contributed by atoms with Gasteiger partial charge in [0.1, 0.15) is 5.76 Å². The van der Waals surface area contributed by atoms with Gasteiger partial charge in [0.05, 0.1) is 11.7 Å². The molecule has 112 valence electrons. The van der Waals surface area contributed by atoms with Crippen LogP contribution in [-0.2, 0) is 11.3 Å². The lowest BCUT2D eigenvalue weighted by molar-refractivity contribution is -0.135. The lowest BCUT2D eigenvalue weighted by atomic mass is 10.0. The molecule has 1 aliphatic rings. The van der Waals surface area contributed by atoms with E-state index in [4.69, 9.17) is 10.3 Å². The highest BCUT2D eigenvalue weighted by Crippen LogP contribution is 2.11. The van der Waals surface area contributed by atoms with Gasteiger partial charge in [0.25, 0.3) is 0 Å². The predicted molar refractivity (Wildman–Crippen MR) is 75.9 cm³/mol. The Morgan fingerprint density at radius 3 is 2.55 bits per heavy atom. The number of carbonyl (C=O) groups is 1. The fourth-order valence-corrected chi connectivity index (χ4v) is 2.34. The molecule has 2 N–H and O–H groups in total. The van der Waals surface area contributed by atoms with Gasteiger partial charge < -0.3 is 15.2 Å². The van der Waals surface area contributed by atoms with Crippen LogP contribution < -0.4 is 5.73 Å². The highest BCUT2D eigenvalue weighted by Gasteiger charge is 2.27. The summed E-state index contributed by atoms with van der Waals surface area (Å²) in [6.07, 6.45) is 0. The van der Waals surface area contributed by atoms with Gasteiger partial charge in [-0.2, -0.15) is 0 Å². The van der Waals surface area contributed by atoms with Crippen LogP contribution in [0.3, 0.4) is 0 Å². The summed E-state index contributed by atoms with van der Waals surface area (Å²) in [7, 11) is 0. The summed E-state index contributed by atoms with van der Waals surface area (Å²) >= 11 is 0. The molecule has 1 aromatic rings. The minimum atomic E-state index is -0.389. The molecule has 1 aliphatic heterocycles. The summed E-state index contributed by atoms with van der Waals surface area (Å²) < 4.78 is 5.07. The van der Waals surface area contributed by atoms with Crippen LogP contribution in [0.4, 0.5) is 0 Å². The molecule has 1 amide bonds. The van der Waals surface area contributed by atoms with Crippen LogP contribution in [0.1, 0.15) is 25.3 Å². The standard InChI is InChI=1S/C14H24N4O2/c1-10(2)13(15)14(19)18-6-4-17(5-7-18)9-12-8-11(3)20-16-12/h8,10,13H,4-7,9,15H2,1-3H3/t13-/m0/s1. The normalized spacial score (nSPS) is 18.6. The Hall–Kier alpha value is -1.40. The van der Waals surface area contributed by atoms with E-state index in [1.165, 1.54) is 0 Å². The van der Waals surface area contributed by atoms with E-state index in [1.807, 2.05) is 31.7 Å². The van der Waals surface area contributed by atoms with Crippen LogP contribution in [0, 0.1) is 12.8 Å². The topological polar surface area (TPSA) is 75.6 Å². The Bertz CT molecular complexity index is 450. The SMILES string of the molecule is Cc1cc(CN2CCN(C(=O)[C@@H](N)C(C)C)CC2)no1. The van der Waals surface area contributed by atoms with Crippen LogP contribution in [0.2, 0.25) is 0 Å². The Labute approximate surface area is 119 Å². The van der Waals surface area contributed by atoms with Gasteiger partial charge >= 0.3 is 0 Å². The van der Waals surface area contributed by atoms with E-state index >= 15 is 0 Å². The molecule has 0 saturated carbocycles. The van der Waals surface area contributed by atoms with Crippen molar-refractivity contribution in [2.75, 3.05) is 26.2 Å². The van der Waals surface area contributed by atoms with E-state index < -0.39 is 0 Å². The van der Waals surface area contributed by atoms with Crippen molar-refractivity contribution in [3.8, 4) is 0 Å². The van der Waals surface area contributed by atoms with Gasteiger partial charge in [0.15, 0.2) is 0 Å². The maximum Gasteiger partial charge on any atom is 0.239 e. The van der Waals surface area contributed by atoms with Crippen molar-refractivity contribution in [3.63, 3.8) is 0 Å². The van der Waals surface area contributed by atoms with Gasteiger partial charge in [-0.25, -0.2) is 0 Å². The van der Waals surface area contributed by atoms with Crippen LogP contribution in [0.5, 0.6) is 0 Å². The molecule has 0 bridgehead atoms. The molecule has 0 unspecified atom stereocenters. The van der Waals surface area contributed by atoms with Gasteiger partial charge in [0.2, 0.25) is 5.91 Å². The number of piperazine rings is 1. The quantitative estimate of drug-likeness (QED) is 0.874. The molecular formula is C14H24N4O2. The van der Waals surface area contributed by atoms with Crippen LogP contribution in [0.15, 0.2) is 10.6 Å². The number of amides is 1. The number of nitrogens with zero attached hydrogens (tertiary/aromatic N) is 3. The van der Waals surface area contributed by atoms with Gasteiger partial charge in [-0.15, -0.1) is 0 Å². The second-order valence-electron chi connectivity index (χ2n) is 5.80. The second-order valence-corrected chi connectivity index (χ2v) is 5.80. The predicted octanol–water partition coefficient (Wildman–Crippen LogP) is 0.611. The van der Waals surface area contributed by atoms with Crippen molar-refractivity contribution in [3.05, 3.63) is 17.5 Å². The fraction of sp³-hybridized carbons (Fsp3) is 0.714. The summed E-state index contributed by atoms with van der Waals surface area (Å²) in [5, 5.41) is 4.00. The summed E-state index contributed by atoms with van der Waals surface area (Å²) in [6, 6.07) is 1.56. The molecule has 2 rings (SSSR count). The molecule has 0 aliphatic carbocycles. The van der Waals surface area contributed by atoms with Crippen molar-refractivity contribution in [1.82, 2.24) is 15.0 Å². The largest absolute Gasteiger partial charge is 0.361 e. The number of aromatic nitrogens is 1. The van der Waals surface area contributed by atoms with Crippen molar-refractivity contribution in [1.29, 1.82) is 0 Å². The third-order valence-corrected chi connectivity index (χ3v) is 3.75. The van der Waals surface area contributed by atoms with Crippen molar-refractivity contribution in [2.24, 2.45) is 11.7 Å². The van der Waals surface area contributed by atoms with E-state index in [0.29, 0.717) is 0 Å². The van der Waals surface area contributed by atoms with Gasteiger partial charge in [0, 0.05) is 38.8 Å². The van der Waals surface area contributed by atoms with Gasteiger partial charge in [-0.1, -0.05) is 19.0 Å². The third-order valence-electron chi connectivity index (χ3n) is 3.75. The van der Waals surface area contributed by atoms with Crippen molar-refractivity contribution < 1.29 is 9.32 Å². The Kier molecular flexibility index (Phi) is 4.77. The Morgan fingerprint density at radius 2 is 2.05 bits per heavy atom. The zero-order chi connectivity index (χ0) is 14.7. The average molecular weight is 280 g/mol. The number of hydrogen-bond acceptors (Lipinski definition) is 5. The van der Waals surface area contributed by atoms with E-state index in [9.17, 15) is 4.79 Å². The van der Waals surface area contributed by atoms with Crippen LogP contribution >= 0.6 is 0 Å². The maximum absolute atomic E-state index is 12.2. The molecule has 1 fully saturated rings. The van der Waals surface area contributed by atoms with Crippen LogP contribution in [-0.4, -0.2) is 53.1 Å². The van der Waals surface area contributed by atoms with E-state index in [1.54, 1.807) is 0 Å². The zero-order valence-corrected chi connectivity index (χ0v) is 12.5. The van der Waals surface area contributed by atoms with Gasteiger partial charge in [-0.3, -0.25) is 9.69 Å². The molecular weight excluding hydrogens is 256 g/mol. The van der Waals surface area contributed by atoms with E-state index in [-0.39, 0.29) is 17.9 Å². The summed E-state index contributed by atoms with van der Waals surface area (Å²) in [6.45, 7) is 9.78. The lowest BCUT2D eigenvalue weighted by Gasteiger charge is -2.36. The van der Waals surface area contributed by atoms with E-state index in [2.05, 4.69) is 10.1 Å². The number of rotatable bonds is 4. The minimum Gasteiger partial charge on any atom is -0.361 e. The van der Waals surface area contributed by atoms with Crippen molar-refractivity contribution >= 4 is 5.91 Å². The summed E-state index contributed by atoms with van der Waals surface area (Å²) in [5.74, 6) is 1.08. The third kappa shape index (κ3) is 3.58. The minimum absolute atomic E-state index is 0.0666. The first-order valence-electron chi connectivity index (χ1n) is 7.16. The fourth-order valence-electron chi connectivity index (χ4n) is 2.34. The summed E-state index contributed by atoms with van der Waals surface area (Å²) in [4.78, 5) is 16.3. The number of nitrogens with two attached hydrogens (primary N) is 1. The molecule has 6 heteroatoms. The first-order chi connectivity index (χ1) is 9.47. The number of hydrogen-bond donors (Lipinski definition) is 1. The molecule has 0 aromatic carbocycles. The molecule has 6 nitrogen and oxygen atoms in total. The molecule has 1 aromatic heterocycles. The maximum atomic E-state index is 12.2. The van der Waals surface area contributed by atoms with Crippen molar-refractivity contribution in [2.45, 2.75) is 33.4 Å². The highest BCUT2D eigenvalue weighted by atomic mass is 16.5. The van der Waals surface area contributed by atoms with E-state index in [0.717, 1.165) is 44.2 Å². The number of aryl methyl sites for hydroxylation is 1. The van der Waals surface area contributed by atoms with Gasteiger partial charge in [-0.05, 0) is 12.8 Å². The molecule has 0 spiro atoms. The average Bonchev–Trinajstić information content (AvgIpc) is 2.83. The molecule has 1 saturated heterocycles. The second kappa shape index (κ2) is 6.37. The molecule has 0 radical (unpaired) electrons. The lowest BCUT2D eigenvalue weighted by Crippen LogP contribution is -2.54. The zero-order valence-electron chi connectivity index (χ0n) is 12.5. The Balaban J connectivity index is 1.82. The van der Waals surface area contributed by atoms with Crippen LogP contribution in [0.25, 0.3) is 0 Å². The first kappa shape index (κ1) is 15.0. The first-order valence-corrected chi connectivity index (χ1v) is 7.16. The number of carbonyl (C=O) groups excluding carboxylic acids is 1. The monoisotopic (exact) mass is 280 g/mol. The highest BCUT2D eigenvalue weighted by molar-refractivity contribution is 5.82. The summed E-state index contributed by atoms with van der Waals surface area (Å²) in [5.41, 5.74) is 6.87. The Morgan fingerprint density at radius 1 is 1.40 bits per heavy atom. The smallest absolute Gasteiger partial charge is 0.239 e. The molecule has 20 heavy (non-hydrogen) atoms. The molecule has 1 atom stereocenters.